The molecule has 0 spiro atoms. The molecule has 4 atom stereocenters. The molecule has 2 aliphatic rings. The fraction of sp³-hybridized carbons (Fsp3) is 0.519. The number of terminal acetylenes is 1. The highest BCUT2D eigenvalue weighted by Gasteiger charge is 2.26. The summed E-state index contributed by atoms with van der Waals surface area (Å²) in [7, 11) is 0. The van der Waals surface area contributed by atoms with Gasteiger partial charge in [-0.1, -0.05) is 65.5 Å². The number of aromatic nitrogens is 4. The topological polar surface area (TPSA) is 176 Å². The predicted octanol–water partition coefficient (Wildman–Crippen LogP) is 14.2. The Balaban J connectivity index is 0.000000580. The number of carbonyl (C=O) groups excluding carboxylic acids is 2. The molecule has 0 bridgehead atoms. The predicted molar refractivity (Wildman–Crippen MR) is 295 cm³/mol. The van der Waals surface area contributed by atoms with E-state index in [2.05, 4.69) is 106 Å². The van der Waals surface area contributed by atoms with Crippen molar-refractivity contribution in [1.29, 1.82) is 0 Å². The van der Waals surface area contributed by atoms with Gasteiger partial charge in [0.25, 0.3) is 0 Å². The third-order valence-corrected chi connectivity index (χ3v) is 11.0. The second kappa shape index (κ2) is 33.6. The zero-order valence-corrected chi connectivity index (χ0v) is 44.1. The van der Waals surface area contributed by atoms with Crippen LogP contribution in [0.1, 0.15) is 140 Å². The lowest BCUT2D eigenvalue weighted by Gasteiger charge is -2.28. The minimum Gasteiger partial charge on any atom is -0.444 e. The first-order chi connectivity index (χ1) is 33.8. The molecule has 2 aromatic carbocycles. The molecule has 0 aliphatic heterocycles. The van der Waals surface area contributed by atoms with Gasteiger partial charge in [-0.05, 0) is 152 Å². The highest BCUT2D eigenvalue weighted by atomic mass is 127. The van der Waals surface area contributed by atoms with Crippen LogP contribution in [0, 0.1) is 51.2 Å². The van der Waals surface area contributed by atoms with Gasteiger partial charge in [0.05, 0.1) is 15.3 Å². The highest BCUT2D eigenvalue weighted by Crippen LogP contribution is 2.26. The third kappa shape index (κ3) is 26.4. The van der Waals surface area contributed by atoms with Crippen LogP contribution in [-0.2, 0) is 9.47 Å². The number of nitrogens with one attached hydrogen (secondary N) is 6. The van der Waals surface area contributed by atoms with Crippen LogP contribution in [0.2, 0.25) is 0 Å². The molecule has 2 amide bonds. The zero-order chi connectivity index (χ0) is 52.4. The van der Waals surface area contributed by atoms with Crippen molar-refractivity contribution >= 4 is 69.7 Å². The quantitative estimate of drug-likeness (QED) is 0.0450. The summed E-state index contributed by atoms with van der Waals surface area (Å²) in [6.45, 7) is 16.9. The monoisotopic (exact) mass is 1130 g/mol. The summed E-state index contributed by atoms with van der Waals surface area (Å²) in [5, 5.41) is 18.4. The molecule has 0 radical (unpaired) electrons. The normalized spacial score (nSPS) is 16.7. The van der Waals surface area contributed by atoms with E-state index in [-0.39, 0.29) is 56.7 Å². The van der Waals surface area contributed by atoms with Crippen LogP contribution in [0.3, 0.4) is 0 Å². The molecule has 2 unspecified atom stereocenters. The van der Waals surface area contributed by atoms with Crippen molar-refractivity contribution in [3.8, 4) is 24.2 Å². The van der Waals surface area contributed by atoms with Crippen LogP contribution in [0.15, 0.2) is 60.9 Å². The van der Waals surface area contributed by atoms with Gasteiger partial charge in [-0.2, -0.15) is 9.97 Å². The first-order valence-electron chi connectivity index (χ1n) is 23.8. The fourth-order valence-electron chi connectivity index (χ4n) is 7.15. The maximum Gasteiger partial charge on any atom is 0.407 e. The molecule has 6 N–H and O–H groups in total. The Morgan fingerprint density at radius 3 is 1.63 bits per heavy atom. The Bertz CT molecular complexity index is 2390. The molecular formula is C54H77F4IN10O4. The van der Waals surface area contributed by atoms with Gasteiger partial charge in [0.15, 0.2) is 0 Å². The van der Waals surface area contributed by atoms with Crippen LogP contribution in [0.25, 0.3) is 0 Å². The number of alkyl carbamates (subject to hydrolysis) is 2. The summed E-state index contributed by atoms with van der Waals surface area (Å²) in [6, 6.07) is 12.6. The Morgan fingerprint density at radius 1 is 0.712 bits per heavy atom. The first-order valence-corrected chi connectivity index (χ1v) is 24.9. The number of ether oxygens (including phenoxy) is 2. The molecule has 2 saturated carbocycles. The van der Waals surface area contributed by atoms with Gasteiger partial charge in [0.1, 0.15) is 34.5 Å². The Morgan fingerprint density at radius 2 is 1.16 bits per heavy atom. The number of amides is 2. The van der Waals surface area contributed by atoms with Crippen LogP contribution in [0.4, 0.5) is 62.4 Å². The molecule has 6 rings (SSSR count). The minimum absolute atomic E-state index is 0. The van der Waals surface area contributed by atoms with E-state index in [1.807, 2.05) is 41.5 Å². The van der Waals surface area contributed by atoms with Gasteiger partial charge >= 0.3 is 12.2 Å². The highest BCUT2D eigenvalue weighted by molar-refractivity contribution is 14.1. The smallest absolute Gasteiger partial charge is 0.407 e. The van der Waals surface area contributed by atoms with E-state index in [1.54, 1.807) is 36.7 Å². The Hall–Kier alpha value is -6.09. The van der Waals surface area contributed by atoms with E-state index in [4.69, 9.17) is 25.0 Å². The number of nitrogens with zero attached hydrogens (tertiary/aromatic N) is 4. The van der Waals surface area contributed by atoms with Crippen LogP contribution in [-0.4, -0.2) is 68.5 Å². The number of benzene rings is 2. The van der Waals surface area contributed by atoms with Gasteiger partial charge in [0.2, 0.25) is 11.9 Å². The second-order valence-corrected chi connectivity index (χ2v) is 20.0. The van der Waals surface area contributed by atoms with Crippen molar-refractivity contribution in [1.82, 2.24) is 30.6 Å². The standard InChI is InChI=1S/C26H34FN5O2.C13H14FIN4.C13H21NO2.2CH4.F2/c1-5-14-28-23-19(17-29-24(32-23)30-22-11-7-9-20(27)16-22)13-12-18-8-6-10-21(15-18)31-25(33)34-26(2,3)4;1-2-6-16-12-11(15)8-17-13(19-12)18-10-5-3-4-9(14)7-10;1-5-10-7-6-8-11(9-10)14-12(15)16-13(2,3)4;;;1-2/h7,9,11,16-18,21H,5-6,8,10,14-15H2,1-4H3,(H,31,33)(H2,28,29,30,32);3-5,7-8H,2,6H2,1H3,(H2,16,17,18,19);1,10-11H,6-9H2,2-4H3,(H,14,15);2*1H4;/t18-,21?;;10-,11?;;;/m0.1.../s1. The van der Waals surface area contributed by atoms with Crippen LogP contribution >= 0.6 is 22.6 Å². The number of hydrogen-bond acceptors (Lipinski definition) is 12. The van der Waals surface area contributed by atoms with Gasteiger partial charge < -0.3 is 41.4 Å². The Kier molecular flexibility index (Phi) is 29.9. The van der Waals surface area contributed by atoms with E-state index in [0.29, 0.717) is 40.6 Å². The summed E-state index contributed by atoms with van der Waals surface area (Å²) in [5.74, 6) is 11.4. The number of halogens is 5. The van der Waals surface area contributed by atoms with Gasteiger partial charge in [-0.3, -0.25) is 0 Å². The Labute approximate surface area is 445 Å². The maximum atomic E-state index is 13.5. The lowest BCUT2D eigenvalue weighted by atomic mass is 9.86. The van der Waals surface area contributed by atoms with Gasteiger partial charge in [0, 0.05) is 63.7 Å². The SMILES string of the molecule is C.C.C#C[C@@H]1CCCC(NC(=O)OC(C)(C)C)C1.CCCNc1nc(Nc2cccc(F)c2)ncc1C#C[C@@H]1CCCC(NC(=O)OC(C)(C)C)C1.CCCNc1nc(Nc2cccc(F)c2)ncc1I.FF. The molecule has 73 heavy (non-hydrogen) atoms. The zero-order valence-electron chi connectivity index (χ0n) is 42.0. The summed E-state index contributed by atoms with van der Waals surface area (Å²) < 4.78 is 54.1. The fourth-order valence-corrected chi connectivity index (χ4v) is 7.60. The maximum absolute atomic E-state index is 13.5. The molecular weight excluding hydrogens is 1060 g/mol. The van der Waals surface area contributed by atoms with E-state index < -0.39 is 11.2 Å². The molecule has 2 fully saturated rings. The first kappa shape index (κ1) is 64.9. The molecule has 0 saturated heterocycles. The number of anilines is 6. The molecule has 2 aliphatic carbocycles. The number of carbonyl (C=O) groups is 2. The van der Waals surface area contributed by atoms with Gasteiger partial charge in [-0.25, -0.2) is 28.3 Å². The number of hydrogen-bond donors (Lipinski definition) is 6. The molecule has 14 nitrogen and oxygen atoms in total. The van der Waals surface area contributed by atoms with E-state index in [0.717, 1.165) is 86.7 Å². The third-order valence-electron chi connectivity index (χ3n) is 10.2. The molecule has 2 aromatic heterocycles. The van der Waals surface area contributed by atoms with Gasteiger partial charge in [-0.15, -0.1) is 12.3 Å². The number of rotatable bonds is 12. The molecule has 4 aromatic rings. The lowest BCUT2D eigenvalue weighted by molar-refractivity contribution is 0.0477. The largest absolute Gasteiger partial charge is 0.444 e. The van der Waals surface area contributed by atoms with E-state index >= 15 is 0 Å². The summed E-state index contributed by atoms with van der Waals surface area (Å²) in [5.41, 5.74) is 0.953. The van der Waals surface area contributed by atoms with Crippen molar-refractivity contribution < 1.29 is 37.0 Å². The lowest BCUT2D eigenvalue weighted by Crippen LogP contribution is -2.41. The molecule has 402 valence electrons. The van der Waals surface area contributed by atoms with Crippen LogP contribution in [0.5, 0.6) is 0 Å². The minimum atomic E-state index is -0.518. The second-order valence-electron chi connectivity index (χ2n) is 18.8. The van der Waals surface area contributed by atoms with Crippen molar-refractivity contribution in [3.05, 3.63) is 81.7 Å². The average Bonchev–Trinajstić information content (AvgIpc) is 3.31. The summed E-state index contributed by atoms with van der Waals surface area (Å²) in [4.78, 5) is 41.1. The van der Waals surface area contributed by atoms with E-state index in [1.165, 1.54) is 24.3 Å². The molecule has 2 heterocycles. The summed E-state index contributed by atoms with van der Waals surface area (Å²) in [6.07, 6.45) is 17.7. The van der Waals surface area contributed by atoms with Crippen LogP contribution < -0.4 is 31.9 Å². The average molecular weight is 1130 g/mol. The van der Waals surface area contributed by atoms with Crippen molar-refractivity contribution in [3.63, 3.8) is 0 Å². The van der Waals surface area contributed by atoms with Crippen molar-refractivity contribution in [2.24, 2.45) is 11.8 Å². The van der Waals surface area contributed by atoms with Crippen molar-refractivity contribution in [2.75, 3.05) is 34.4 Å². The molecule has 19 heteroatoms. The summed E-state index contributed by atoms with van der Waals surface area (Å²) >= 11 is 2.18. The van der Waals surface area contributed by atoms with E-state index in [9.17, 15) is 18.4 Å². The van der Waals surface area contributed by atoms with Crippen molar-refractivity contribution in [2.45, 2.75) is 158 Å².